The van der Waals surface area contributed by atoms with Crippen LogP contribution in [0.1, 0.15) is 51.4 Å². The van der Waals surface area contributed by atoms with Gasteiger partial charge in [-0.15, -0.1) is 0 Å². The highest BCUT2D eigenvalue weighted by atomic mass is 19.3. The van der Waals surface area contributed by atoms with Crippen molar-refractivity contribution in [3.8, 4) is 0 Å². The van der Waals surface area contributed by atoms with Gasteiger partial charge >= 0.3 is 6.55 Å². The second kappa shape index (κ2) is 5.11. The molecule has 2 aromatic rings. The van der Waals surface area contributed by atoms with Crippen LogP contribution >= 0.6 is 0 Å². The first-order valence-electron chi connectivity index (χ1n) is 7.66. The molecule has 0 bridgehead atoms. The zero-order chi connectivity index (χ0) is 16.1. The Balaban J connectivity index is 1.60. The first kappa shape index (κ1) is 14.3. The number of halogens is 2. The predicted molar refractivity (Wildman–Crippen MR) is 78.1 cm³/mol. The van der Waals surface area contributed by atoms with Gasteiger partial charge in [-0.3, -0.25) is 9.78 Å². The van der Waals surface area contributed by atoms with Crippen LogP contribution in [0.5, 0.6) is 0 Å². The number of nitrogens with zero attached hydrogens (tertiary/aromatic N) is 4. The molecular weight excluding hydrogens is 302 g/mol. The summed E-state index contributed by atoms with van der Waals surface area (Å²) in [5, 5.41) is 3.53. The zero-order valence-corrected chi connectivity index (χ0v) is 12.7. The van der Waals surface area contributed by atoms with E-state index < -0.39 is 6.55 Å². The molecule has 0 aromatic carbocycles. The number of amides is 1. The van der Waals surface area contributed by atoms with E-state index in [1.54, 1.807) is 4.90 Å². The molecule has 5 nitrogen and oxygen atoms in total. The van der Waals surface area contributed by atoms with Gasteiger partial charge in [0.1, 0.15) is 0 Å². The molecule has 0 radical (unpaired) electrons. The van der Waals surface area contributed by atoms with E-state index in [9.17, 15) is 13.6 Å². The fourth-order valence-corrected chi connectivity index (χ4v) is 3.53. The van der Waals surface area contributed by atoms with Gasteiger partial charge < -0.3 is 4.90 Å². The molecule has 0 unspecified atom stereocenters. The molecule has 0 saturated heterocycles. The van der Waals surface area contributed by atoms with Crippen molar-refractivity contribution >= 4 is 5.91 Å². The lowest BCUT2D eigenvalue weighted by Gasteiger charge is -2.13. The van der Waals surface area contributed by atoms with E-state index in [1.807, 2.05) is 0 Å². The Morgan fingerprint density at radius 1 is 1.22 bits per heavy atom. The molecule has 3 heterocycles. The quantitative estimate of drug-likeness (QED) is 0.855. The minimum Gasteiger partial charge on any atom is -0.328 e. The minimum absolute atomic E-state index is 0.184. The summed E-state index contributed by atoms with van der Waals surface area (Å²) < 4.78 is 25.7. The molecule has 4 rings (SSSR count). The van der Waals surface area contributed by atoms with Crippen molar-refractivity contribution in [3.05, 3.63) is 46.0 Å². The van der Waals surface area contributed by atoms with E-state index in [4.69, 9.17) is 4.98 Å². The van der Waals surface area contributed by atoms with Crippen LogP contribution in [-0.4, -0.2) is 25.6 Å². The van der Waals surface area contributed by atoms with Crippen LogP contribution in [0.2, 0.25) is 0 Å². The third kappa shape index (κ3) is 2.22. The van der Waals surface area contributed by atoms with E-state index in [0.717, 1.165) is 42.4 Å². The van der Waals surface area contributed by atoms with Crippen molar-refractivity contribution in [3.63, 3.8) is 0 Å². The number of fused-ring (bicyclic) bond motifs is 2. The van der Waals surface area contributed by atoms with Crippen molar-refractivity contribution in [2.75, 3.05) is 0 Å². The van der Waals surface area contributed by atoms with E-state index in [1.165, 1.54) is 17.3 Å². The van der Waals surface area contributed by atoms with Crippen LogP contribution in [0.4, 0.5) is 8.78 Å². The van der Waals surface area contributed by atoms with Crippen LogP contribution < -0.4 is 0 Å². The Labute approximate surface area is 131 Å². The molecule has 0 saturated carbocycles. The molecule has 0 N–H and O–H groups in total. The maximum Gasteiger partial charge on any atom is 0.333 e. The monoisotopic (exact) mass is 318 g/mol. The maximum absolute atomic E-state index is 12.6. The third-order valence-corrected chi connectivity index (χ3v) is 4.74. The number of alkyl halides is 2. The molecule has 7 heteroatoms. The standard InChI is InChI=1S/C16H16F2N4O/c1-9-11-3-2-4-13(11)20-14-8-21(7-12(9)14)15(23)10-5-19-22(6-10)16(17)18/h5-6,16H,2-4,7-8H2,1H3. The zero-order valence-electron chi connectivity index (χ0n) is 12.7. The lowest BCUT2D eigenvalue weighted by Crippen LogP contribution is -2.25. The largest absolute Gasteiger partial charge is 0.333 e. The SMILES string of the molecule is Cc1c2c(nc3c1CN(C(=O)c1cnn(C(F)F)c1)C3)CCC2. The molecule has 1 aliphatic carbocycles. The van der Waals surface area contributed by atoms with Crippen LogP contribution in [0.25, 0.3) is 0 Å². The van der Waals surface area contributed by atoms with Gasteiger partial charge in [0.2, 0.25) is 0 Å². The highest BCUT2D eigenvalue weighted by Gasteiger charge is 2.30. The van der Waals surface area contributed by atoms with E-state index in [2.05, 4.69) is 12.0 Å². The van der Waals surface area contributed by atoms with Crippen LogP contribution in [0.15, 0.2) is 12.4 Å². The smallest absolute Gasteiger partial charge is 0.328 e. The Morgan fingerprint density at radius 2 is 2.04 bits per heavy atom. The lowest BCUT2D eigenvalue weighted by atomic mass is 10.0. The average molecular weight is 318 g/mol. The number of carbonyl (C=O) groups is 1. The fourth-order valence-electron chi connectivity index (χ4n) is 3.53. The van der Waals surface area contributed by atoms with Gasteiger partial charge in [0.25, 0.3) is 5.91 Å². The Hall–Kier alpha value is -2.31. The van der Waals surface area contributed by atoms with Crippen LogP contribution in [-0.2, 0) is 25.9 Å². The van der Waals surface area contributed by atoms with Crippen molar-refractivity contribution in [1.82, 2.24) is 19.7 Å². The maximum atomic E-state index is 12.6. The molecule has 1 amide bonds. The second-order valence-electron chi connectivity index (χ2n) is 6.09. The predicted octanol–water partition coefficient (Wildman–Crippen LogP) is 2.63. The topological polar surface area (TPSA) is 51.0 Å². The third-order valence-electron chi connectivity index (χ3n) is 4.74. The summed E-state index contributed by atoms with van der Waals surface area (Å²) in [4.78, 5) is 18.9. The molecule has 23 heavy (non-hydrogen) atoms. The van der Waals surface area contributed by atoms with Gasteiger partial charge in [-0.05, 0) is 42.9 Å². The second-order valence-corrected chi connectivity index (χ2v) is 6.09. The van der Waals surface area contributed by atoms with Crippen molar-refractivity contribution in [1.29, 1.82) is 0 Å². The highest BCUT2D eigenvalue weighted by molar-refractivity contribution is 5.94. The normalized spacial score (nSPS) is 16.1. The van der Waals surface area contributed by atoms with Gasteiger partial charge in [0.15, 0.2) is 0 Å². The molecule has 1 aliphatic heterocycles. The Morgan fingerprint density at radius 3 is 2.78 bits per heavy atom. The summed E-state index contributed by atoms with van der Waals surface area (Å²) in [6.45, 7) is 0.273. The van der Waals surface area contributed by atoms with Crippen molar-refractivity contribution < 1.29 is 13.6 Å². The lowest BCUT2D eigenvalue weighted by molar-refractivity contribution is 0.0564. The van der Waals surface area contributed by atoms with Gasteiger partial charge in [0.05, 0.1) is 24.0 Å². The van der Waals surface area contributed by atoms with E-state index in [-0.39, 0.29) is 11.5 Å². The van der Waals surface area contributed by atoms with E-state index >= 15 is 0 Å². The Bertz CT molecular complexity index is 800. The van der Waals surface area contributed by atoms with Crippen molar-refractivity contribution in [2.45, 2.75) is 45.8 Å². The molecular formula is C16H16F2N4O. The first-order chi connectivity index (χ1) is 11.0. The minimum atomic E-state index is -2.74. The number of carbonyl (C=O) groups excluding carboxylic acids is 1. The number of hydrogen-bond acceptors (Lipinski definition) is 3. The fraction of sp³-hybridized carbons (Fsp3) is 0.438. The molecule has 2 aliphatic rings. The summed E-state index contributed by atoms with van der Waals surface area (Å²) in [6.07, 6.45) is 5.48. The molecule has 2 aromatic heterocycles. The Kier molecular flexibility index (Phi) is 3.18. The van der Waals surface area contributed by atoms with Gasteiger partial charge in [-0.1, -0.05) is 0 Å². The highest BCUT2D eigenvalue weighted by Crippen LogP contribution is 2.32. The number of aryl methyl sites for hydroxylation is 1. The number of aromatic nitrogens is 3. The first-order valence-corrected chi connectivity index (χ1v) is 7.66. The molecule has 0 atom stereocenters. The van der Waals surface area contributed by atoms with Gasteiger partial charge in [-0.25, -0.2) is 4.68 Å². The van der Waals surface area contributed by atoms with Crippen LogP contribution in [0, 0.1) is 6.92 Å². The van der Waals surface area contributed by atoms with Gasteiger partial charge in [0, 0.05) is 18.4 Å². The molecule has 0 fully saturated rings. The number of rotatable bonds is 2. The number of hydrogen-bond donors (Lipinski definition) is 0. The summed E-state index contributed by atoms with van der Waals surface area (Å²) in [5.41, 5.74) is 5.95. The van der Waals surface area contributed by atoms with E-state index in [0.29, 0.717) is 17.8 Å². The molecule has 0 spiro atoms. The average Bonchev–Trinajstić information content (AvgIpc) is 3.25. The molecule has 120 valence electrons. The summed E-state index contributed by atoms with van der Waals surface area (Å²) in [7, 11) is 0. The summed E-state index contributed by atoms with van der Waals surface area (Å²) in [5.74, 6) is -0.283. The van der Waals surface area contributed by atoms with Crippen LogP contribution in [0.3, 0.4) is 0 Å². The summed E-state index contributed by atoms with van der Waals surface area (Å²) >= 11 is 0. The van der Waals surface area contributed by atoms with Crippen molar-refractivity contribution in [2.24, 2.45) is 0 Å². The number of pyridine rings is 1. The summed E-state index contributed by atoms with van der Waals surface area (Å²) in [6, 6.07) is 0. The van der Waals surface area contributed by atoms with Gasteiger partial charge in [-0.2, -0.15) is 13.9 Å².